The minimum Gasteiger partial charge on any atom is -0.467 e. The molecule has 24 heavy (non-hydrogen) atoms. The van der Waals surface area contributed by atoms with Crippen LogP contribution in [0, 0.1) is 0 Å². The quantitative estimate of drug-likeness (QED) is 0.834. The first-order valence-electron chi connectivity index (χ1n) is 7.42. The third-order valence-electron chi connectivity index (χ3n) is 3.85. The fourth-order valence-electron chi connectivity index (χ4n) is 2.57. The molecule has 2 N–H and O–H groups in total. The first kappa shape index (κ1) is 16.2. The second kappa shape index (κ2) is 6.84. The van der Waals surface area contributed by atoms with Crippen molar-refractivity contribution in [1.82, 2.24) is 5.32 Å². The van der Waals surface area contributed by atoms with Crippen molar-refractivity contribution in [3.63, 3.8) is 0 Å². The van der Waals surface area contributed by atoms with Gasteiger partial charge in [-0.3, -0.25) is 9.59 Å². The molecule has 1 aliphatic rings. The number of aryl methyl sites for hydroxylation is 1. The Bertz CT molecular complexity index is 786. The number of rotatable bonds is 4. The number of nitrogens with one attached hydrogen (secondary N) is 2. The van der Waals surface area contributed by atoms with E-state index in [-0.39, 0.29) is 11.8 Å². The van der Waals surface area contributed by atoms with E-state index in [0.29, 0.717) is 24.0 Å². The van der Waals surface area contributed by atoms with Crippen LogP contribution in [0.5, 0.6) is 0 Å². The molecule has 0 aliphatic carbocycles. The molecule has 1 atom stereocenters. The van der Waals surface area contributed by atoms with Crippen molar-refractivity contribution in [2.75, 3.05) is 12.4 Å². The molecule has 3 rings (SSSR count). The van der Waals surface area contributed by atoms with Crippen LogP contribution >= 0.6 is 11.3 Å². The van der Waals surface area contributed by atoms with Gasteiger partial charge < -0.3 is 15.4 Å². The van der Waals surface area contributed by atoms with Gasteiger partial charge in [0.2, 0.25) is 5.91 Å². The Labute approximate surface area is 142 Å². The van der Waals surface area contributed by atoms with E-state index in [1.807, 2.05) is 5.38 Å². The number of carbonyl (C=O) groups excluding carboxylic acids is 3. The Balaban J connectivity index is 1.81. The molecule has 1 aromatic carbocycles. The SMILES string of the molecule is COC(=O)C(NC(=O)c1ccc2c(c1)CCC(=O)N2)c1ccsc1. The van der Waals surface area contributed by atoms with Gasteiger partial charge in [-0.25, -0.2) is 4.79 Å². The lowest BCUT2D eigenvalue weighted by molar-refractivity contribution is -0.143. The molecule has 1 aromatic heterocycles. The molecule has 0 fully saturated rings. The van der Waals surface area contributed by atoms with Gasteiger partial charge in [0.25, 0.3) is 5.91 Å². The zero-order chi connectivity index (χ0) is 17.1. The molecule has 2 aromatic rings. The second-order valence-electron chi connectivity index (χ2n) is 5.41. The lowest BCUT2D eigenvalue weighted by Crippen LogP contribution is -2.34. The van der Waals surface area contributed by atoms with Crippen LogP contribution in [0.15, 0.2) is 35.0 Å². The molecule has 0 bridgehead atoms. The fraction of sp³-hybridized carbons (Fsp3) is 0.235. The number of esters is 1. The van der Waals surface area contributed by atoms with Crippen LogP contribution < -0.4 is 10.6 Å². The number of anilines is 1. The van der Waals surface area contributed by atoms with Crippen LogP contribution in [-0.4, -0.2) is 24.9 Å². The molecule has 6 nitrogen and oxygen atoms in total. The van der Waals surface area contributed by atoms with Crippen LogP contribution in [0.4, 0.5) is 5.69 Å². The number of fused-ring (bicyclic) bond motifs is 1. The highest BCUT2D eigenvalue weighted by Gasteiger charge is 2.25. The van der Waals surface area contributed by atoms with E-state index in [1.165, 1.54) is 18.4 Å². The van der Waals surface area contributed by atoms with Crippen LogP contribution in [-0.2, 0) is 20.7 Å². The number of hydrogen-bond acceptors (Lipinski definition) is 5. The molecule has 1 unspecified atom stereocenters. The first-order valence-corrected chi connectivity index (χ1v) is 8.36. The molecular formula is C17H16N2O4S. The molecule has 0 spiro atoms. The third kappa shape index (κ3) is 3.30. The Hall–Kier alpha value is -2.67. The predicted octanol–water partition coefficient (Wildman–Crippen LogP) is 2.28. The van der Waals surface area contributed by atoms with Gasteiger partial charge in [-0.05, 0) is 52.6 Å². The minimum absolute atomic E-state index is 0.0251. The van der Waals surface area contributed by atoms with Crippen molar-refractivity contribution < 1.29 is 19.1 Å². The molecule has 7 heteroatoms. The Morgan fingerprint density at radius 1 is 1.29 bits per heavy atom. The monoisotopic (exact) mass is 344 g/mol. The Kier molecular flexibility index (Phi) is 4.61. The van der Waals surface area contributed by atoms with Gasteiger partial charge in [-0.2, -0.15) is 11.3 Å². The first-order chi connectivity index (χ1) is 11.6. The second-order valence-corrected chi connectivity index (χ2v) is 6.19. The van der Waals surface area contributed by atoms with Crippen molar-refractivity contribution in [3.8, 4) is 0 Å². The normalized spacial score (nSPS) is 14.3. The third-order valence-corrected chi connectivity index (χ3v) is 4.55. The number of carbonyl (C=O) groups is 3. The van der Waals surface area contributed by atoms with Gasteiger partial charge in [0.05, 0.1) is 7.11 Å². The topological polar surface area (TPSA) is 84.5 Å². The largest absolute Gasteiger partial charge is 0.467 e. The van der Waals surface area contributed by atoms with Crippen molar-refractivity contribution in [3.05, 3.63) is 51.7 Å². The van der Waals surface area contributed by atoms with Gasteiger partial charge in [-0.15, -0.1) is 0 Å². The van der Waals surface area contributed by atoms with Crippen LogP contribution in [0.1, 0.15) is 33.9 Å². The highest BCUT2D eigenvalue weighted by atomic mass is 32.1. The number of methoxy groups -OCH3 is 1. The van der Waals surface area contributed by atoms with E-state index >= 15 is 0 Å². The highest BCUT2D eigenvalue weighted by molar-refractivity contribution is 7.08. The molecule has 0 saturated heterocycles. The average molecular weight is 344 g/mol. The van der Waals surface area contributed by atoms with E-state index in [9.17, 15) is 14.4 Å². The van der Waals surface area contributed by atoms with Crippen molar-refractivity contribution in [2.45, 2.75) is 18.9 Å². The van der Waals surface area contributed by atoms with Crippen molar-refractivity contribution >= 4 is 34.8 Å². The Morgan fingerprint density at radius 3 is 2.83 bits per heavy atom. The fourth-order valence-corrected chi connectivity index (χ4v) is 3.26. The van der Waals surface area contributed by atoms with Crippen LogP contribution in [0.2, 0.25) is 0 Å². The van der Waals surface area contributed by atoms with Gasteiger partial charge in [0.1, 0.15) is 0 Å². The predicted molar refractivity (Wildman–Crippen MR) is 89.9 cm³/mol. The van der Waals surface area contributed by atoms with Gasteiger partial charge in [-0.1, -0.05) is 0 Å². The van der Waals surface area contributed by atoms with E-state index < -0.39 is 12.0 Å². The molecule has 2 heterocycles. The summed E-state index contributed by atoms with van der Waals surface area (Å²) in [5.41, 5.74) is 2.76. The zero-order valence-corrected chi connectivity index (χ0v) is 13.8. The number of ether oxygens (including phenoxy) is 1. The van der Waals surface area contributed by atoms with Crippen LogP contribution in [0.25, 0.3) is 0 Å². The number of thiophene rings is 1. The summed E-state index contributed by atoms with van der Waals surface area (Å²) in [7, 11) is 1.29. The summed E-state index contributed by atoms with van der Waals surface area (Å²) in [6.45, 7) is 0. The molecule has 0 radical (unpaired) electrons. The van der Waals surface area contributed by atoms with Crippen molar-refractivity contribution in [2.24, 2.45) is 0 Å². The van der Waals surface area contributed by atoms with Gasteiger partial charge >= 0.3 is 5.97 Å². The summed E-state index contributed by atoms with van der Waals surface area (Å²) in [6, 6.07) is 6.01. The van der Waals surface area contributed by atoms with E-state index in [0.717, 1.165) is 11.3 Å². The number of hydrogen-bond donors (Lipinski definition) is 2. The summed E-state index contributed by atoms with van der Waals surface area (Å²) >= 11 is 1.44. The number of amides is 2. The van der Waals surface area contributed by atoms with Gasteiger partial charge in [0, 0.05) is 17.7 Å². The maximum Gasteiger partial charge on any atom is 0.333 e. The Morgan fingerprint density at radius 2 is 2.12 bits per heavy atom. The minimum atomic E-state index is -0.843. The maximum atomic E-state index is 12.5. The summed E-state index contributed by atoms with van der Waals surface area (Å²) in [6.07, 6.45) is 0.991. The molecule has 124 valence electrons. The summed E-state index contributed by atoms with van der Waals surface area (Å²) in [5.74, 6) is -0.911. The van der Waals surface area contributed by atoms with E-state index in [2.05, 4.69) is 10.6 Å². The average Bonchev–Trinajstić information content (AvgIpc) is 3.12. The zero-order valence-electron chi connectivity index (χ0n) is 13.0. The van der Waals surface area contributed by atoms with Crippen molar-refractivity contribution in [1.29, 1.82) is 0 Å². The number of benzene rings is 1. The van der Waals surface area contributed by atoms with Crippen LogP contribution in [0.3, 0.4) is 0 Å². The standard InChI is InChI=1S/C17H16N2O4S/c1-23-17(22)15(12-6-7-24-9-12)19-16(21)11-2-4-13-10(8-11)3-5-14(20)18-13/h2,4,6-9,15H,3,5H2,1H3,(H,18,20)(H,19,21). The van der Waals surface area contributed by atoms with E-state index in [4.69, 9.17) is 4.74 Å². The summed E-state index contributed by atoms with van der Waals surface area (Å²) in [4.78, 5) is 35.9. The van der Waals surface area contributed by atoms with E-state index in [1.54, 1.807) is 29.6 Å². The lowest BCUT2D eigenvalue weighted by Gasteiger charge is -2.19. The molecule has 0 saturated carbocycles. The summed E-state index contributed by atoms with van der Waals surface area (Å²) < 4.78 is 4.78. The van der Waals surface area contributed by atoms with Gasteiger partial charge in [0.15, 0.2) is 6.04 Å². The molecular weight excluding hydrogens is 328 g/mol. The lowest BCUT2D eigenvalue weighted by atomic mass is 10.00. The smallest absolute Gasteiger partial charge is 0.333 e. The highest BCUT2D eigenvalue weighted by Crippen LogP contribution is 2.24. The molecule has 2 amide bonds. The summed E-state index contributed by atoms with van der Waals surface area (Å²) in [5, 5.41) is 9.11. The maximum absolute atomic E-state index is 12.5. The molecule has 1 aliphatic heterocycles.